The summed E-state index contributed by atoms with van der Waals surface area (Å²) in [5, 5.41) is 4.05. The Kier molecular flexibility index (Phi) is 4.28. The molecule has 6 N–H and O–H groups in total. The van der Waals surface area contributed by atoms with Crippen LogP contribution in [0, 0.1) is 0 Å². The van der Waals surface area contributed by atoms with Gasteiger partial charge in [0, 0.05) is 7.11 Å². The van der Waals surface area contributed by atoms with Gasteiger partial charge in [-0.15, -0.1) is 0 Å². The molecule has 1 rings (SSSR count). The maximum Gasteiger partial charge on any atom is 0.223 e. The Balaban J connectivity index is 2.67. The number of hydrogen-bond donors (Lipinski definition) is 3. The SMILES string of the molecule is COCCn1cc(N=C(N)N=C(N)N)cn1. The zero-order valence-corrected chi connectivity index (χ0v) is 9.00. The number of aromatic nitrogens is 2. The monoisotopic (exact) mass is 225 g/mol. The van der Waals surface area contributed by atoms with E-state index in [1.165, 1.54) is 0 Å². The standard InChI is InChI=1S/C8H15N7O/c1-16-3-2-15-5-6(4-12-15)13-8(11)14-7(9)10/h4-5H,2-3H2,1H3,(H6,9,10,11,13,14). The van der Waals surface area contributed by atoms with E-state index in [1.807, 2.05) is 0 Å². The van der Waals surface area contributed by atoms with Crippen LogP contribution in [0.1, 0.15) is 0 Å². The molecule has 1 aromatic heterocycles. The Labute approximate surface area is 92.8 Å². The minimum absolute atomic E-state index is 0.00806. The van der Waals surface area contributed by atoms with Crippen LogP contribution in [0.5, 0.6) is 0 Å². The minimum atomic E-state index is -0.131. The quantitative estimate of drug-likeness (QED) is 0.435. The van der Waals surface area contributed by atoms with Crippen LogP contribution in [0.3, 0.4) is 0 Å². The van der Waals surface area contributed by atoms with Crippen LogP contribution in [-0.2, 0) is 11.3 Å². The van der Waals surface area contributed by atoms with Gasteiger partial charge >= 0.3 is 0 Å². The highest BCUT2D eigenvalue weighted by molar-refractivity contribution is 5.93. The maximum absolute atomic E-state index is 5.46. The summed E-state index contributed by atoms with van der Waals surface area (Å²) in [7, 11) is 1.62. The molecule has 8 nitrogen and oxygen atoms in total. The summed E-state index contributed by atoms with van der Waals surface area (Å²) in [4.78, 5) is 7.53. The third-order valence-corrected chi connectivity index (χ3v) is 1.63. The molecule has 88 valence electrons. The molecule has 0 fully saturated rings. The van der Waals surface area contributed by atoms with Gasteiger partial charge in [-0.05, 0) is 0 Å². The van der Waals surface area contributed by atoms with E-state index in [2.05, 4.69) is 15.1 Å². The largest absolute Gasteiger partial charge is 0.383 e. The fourth-order valence-corrected chi connectivity index (χ4v) is 1.01. The average Bonchev–Trinajstić information content (AvgIpc) is 2.61. The van der Waals surface area contributed by atoms with Gasteiger partial charge in [0.15, 0.2) is 5.96 Å². The molecule has 0 aliphatic heterocycles. The van der Waals surface area contributed by atoms with Gasteiger partial charge in [-0.25, -0.2) is 4.99 Å². The van der Waals surface area contributed by atoms with Crippen LogP contribution in [0.2, 0.25) is 0 Å². The lowest BCUT2D eigenvalue weighted by molar-refractivity contribution is 0.183. The highest BCUT2D eigenvalue weighted by Crippen LogP contribution is 2.09. The number of nitrogens with zero attached hydrogens (tertiary/aromatic N) is 4. The molecule has 0 aliphatic rings. The lowest BCUT2D eigenvalue weighted by Gasteiger charge is -1.97. The van der Waals surface area contributed by atoms with Crippen LogP contribution in [-0.4, -0.2) is 35.4 Å². The summed E-state index contributed by atoms with van der Waals surface area (Å²) in [5.74, 6) is -0.140. The number of ether oxygens (including phenoxy) is 1. The molecule has 0 saturated heterocycles. The van der Waals surface area contributed by atoms with Gasteiger partial charge in [0.25, 0.3) is 0 Å². The fraction of sp³-hybridized carbons (Fsp3) is 0.375. The van der Waals surface area contributed by atoms with Gasteiger partial charge in [0.1, 0.15) is 5.69 Å². The molecule has 16 heavy (non-hydrogen) atoms. The van der Waals surface area contributed by atoms with Crippen LogP contribution in [0.15, 0.2) is 22.4 Å². The van der Waals surface area contributed by atoms with Gasteiger partial charge in [-0.3, -0.25) is 4.68 Å². The molecule has 1 aromatic rings. The van der Waals surface area contributed by atoms with Crippen molar-refractivity contribution in [1.82, 2.24) is 9.78 Å². The molecular formula is C8H15N7O. The zero-order valence-electron chi connectivity index (χ0n) is 9.00. The number of hydrogen-bond acceptors (Lipinski definition) is 3. The molecular weight excluding hydrogens is 210 g/mol. The van der Waals surface area contributed by atoms with Crippen molar-refractivity contribution in [2.75, 3.05) is 13.7 Å². The number of aliphatic imine (C=N–C) groups is 2. The van der Waals surface area contributed by atoms with Crippen molar-refractivity contribution in [3.63, 3.8) is 0 Å². The number of guanidine groups is 2. The lowest BCUT2D eigenvalue weighted by Crippen LogP contribution is -2.26. The predicted octanol–water partition coefficient (Wildman–Crippen LogP) is -1.25. The first-order chi connectivity index (χ1) is 7.61. The van der Waals surface area contributed by atoms with E-state index in [0.29, 0.717) is 18.8 Å². The molecule has 1 heterocycles. The molecule has 0 aromatic carbocycles. The third-order valence-electron chi connectivity index (χ3n) is 1.63. The van der Waals surface area contributed by atoms with Crippen LogP contribution in [0.4, 0.5) is 5.69 Å². The van der Waals surface area contributed by atoms with Crippen LogP contribution < -0.4 is 17.2 Å². The summed E-state index contributed by atoms with van der Waals surface area (Å²) in [6, 6.07) is 0. The molecule has 0 unspecified atom stereocenters. The number of rotatable bonds is 4. The summed E-state index contributed by atoms with van der Waals surface area (Å²) < 4.78 is 6.60. The van der Waals surface area contributed by atoms with E-state index in [-0.39, 0.29) is 11.9 Å². The first-order valence-corrected chi connectivity index (χ1v) is 4.57. The summed E-state index contributed by atoms with van der Waals surface area (Å²) >= 11 is 0. The first-order valence-electron chi connectivity index (χ1n) is 4.57. The van der Waals surface area contributed by atoms with Gasteiger partial charge < -0.3 is 21.9 Å². The second kappa shape index (κ2) is 5.71. The van der Waals surface area contributed by atoms with Gasteiger partial charge in [0.05, 0.1) is 25.5 Å². The molecule has 8 heteroatoms. The summed E-state index contributed by atoms with van der Waals surface area (Å²) in [6.45, 7) is 1.22. The Morgan fingerprint density at radius 3 is 2.88 bits per heavy atom. The molecule has 0 aliphatic carbocycles. The summed E-state index contributed by atoms with van der Waals surface area (Å²) in [6.07, 6.45) is 3.28. The Morgan fingerprint density at radius 2 is 2.25 bits per heavy atom. The Bertz CT molecular complexity index is 391. The molecule has 0 bridgehead atoms. The summed E-state index contributed by atoms with van der Waals surface area (Å²) in [5.41, 5.74) is 16.3. The zero-order chi connectivity index (χ0) is 12.0. The van der Waals surface area contributed by atoms with E-state index in [1.54, 1.807) is 24.2 Å². The molecule has 0 amide bonds. The number of methoxy groups -OCH3 is 1. The molecule has 0 atom stereocenters. The minimum Gasteiger partial charge on any atom is -0.383 e. The normalized spacial score (nSPS) is 11.4. The van der Waals surface area contributed by atoms with Crippen molar-refractivity contribution >= 4 is 17.6 Å². The molecule has 0 saturated carbocycles. The van der Waals surface area contributed by atoms with Gasteiger partial charge in [0.2, 0.25) is 5.96 Å². The van der Waals surface area contributed by atoms with Crippen molar-refractivity contribution in [1.29, 1.82) is 0 Å². The highest BCUT2D eigenvalue weighted by atomic mass is 16.5. The topological polar surface area (TPSA) is 130 Å². The smallest absolute Gasteiger partial charge is 0.223 e. The second-order valence-electron chi connectivity index (χ2n) is 2.96. The lowest BCUT2D eigenvalue weighted by atomic mass is 10.6. The fourth-order valence-electron chi connectivity index (χ4n) is 1.01. The van der Waals surface area contributed by atoms with Crippen molar-refractivity contribution in [3.05, 3.63) is 12.4 Å². The van der Waals surface area contributed by atoms with E-state index < -0.39 is 0 Å². The first kappa shape index (κ1) is 12.0. The second-order valence-corrected chi connectivity index (χ2v) is 2.96. The highest BCUT2D eigenvalue weighted by Gasteiger charge is 1.97. The van der Waals surface area contributed by atoms with Crippen molar-refractivity contribution in [3.8, 4) is 0 Å². The van der Waals surface area contributed by atoms with E-state index in [9.17, 15) is 0 Å². The third kappa shape index (κ3) is 3.96. The Hall–Kier alpha value is -2.09. The van der Waals surface area contributed by atoms with E-state index >= 15 is 0 Å². The van der Waals surface area contributed by atoms with Gasteiger partial charge in [-0.2, -0.15) is 10.1 Å². The van der Waals surface area contributed by atoms with E-state index in [4.69, 9.17) is 21.9 Å². The van der Waals surface area contributed by atoms with Crippen LogP contribution >= 0.6 is 0 Å². The van der Waals surface area contributed by atoms with Crippen molar-refractivity contribution in [2.24, 2.45) is 27.2 Å². The van der Waals surface area contributed by atoms with E-state index in [0.717, 1.165) is 0 Å². The van der Waals surface area contributed by atoms with Crippen molar-refractivity contribution < 1.29 is 4.74 Å². The maximum atomic E-state index is 5.46. The Morgan fingerprint density at radius 1 is 1.50 bits per heavy atom. The number of nitrogens with two attached hydrogens (primary N) is 3. The predicted molar refractivity (Wildman–Crippen MR) is 61.2 cm³/mol. The van der Waals surface area contributed by atoms with Crippen LogP contribution in [0.25, 0.3) is 0 Å². The molecule has 0 spiro atoms. The van der Waals surface area contributed by atoms with Gasteiger partial charge in [-0.1, -0.05) is 0 Å². The van der Waals surface area contributed by atoms with Crippen molar-refractivity contribution in [2.45, 2.75) is 6.54 Å². The molecule has 0 radical (unpaired) electrons. The average molecular weight is 225 g/mol.